The van der Waals surface area contributed by atoms with Crippen molar-refractivity contribution in [3.8, 4) is 5.75 Å². The summed E-state index contributed by atoms with van der Waals surface area (Å²) in [5.74, 6) is 0.966. The van der Waals surface area contributed by atoms with Gasteiger partial charge in [-0.15, -0.1) is 0 Å². The summed E-state index contributed by atoms with van der Waals surface area (Å²) < 4.78 is 5.69. The van der Waals surface area contributed by atoms with Crippen LogP contribution in [0.3, 0.4) is 0 Å². The monoisotopic (exact) mass is 324 g/mol. The zero-order valence-corrected chi connectivity index (χ0v) is 15.2. The number of para-hydroxylation sites is 2. The minimum Gasteiger partial charge on any atom is -0.496 e. The molecule has 2 aromatic carbocycles. The second-order valence-electron chi connectivity index (χ2n) is 6.46. The predicted octanol–water partition coefficient (Wildman–Crippen LogP) is 4.83. The quantitative estimate of drug-likeness (QED) is 0.783. The number of ether oxygens (including phenoxy) is 1. The van der Waals surface area contributed by atoms with E-state index in [0.717, 1.165) is 25.3 Å². The fourth-order valence-corrected chi connectivity index (χ4v) is 3.72. The number of hydrogen-bond acceptors (Lipinski definition) is 3. The highest BCUT2D eigenvalue weighted by atomic mass is 16.5. The van der Waals surface area contributed by atoms with E-state index in [-0.39, 0.29) is 6.17 Å². The normalized spacial score (nSPS) is 19.0. The fourth-order valence-electron chi connectivity index (χ4n) is 3.72. The molecule has 0 aromatic heterocycles. The molecule has 1 aliphatic heterocycles. The Morgan fingerprint density at radius 3 is 2.50 bits per heavy atom. The second-order valence-corrected chi connectivity index (χ2v) is 6.46. The number of methoxy groups -OCH3 is 1. The summed E-state index contributed by atoms with van der Waals surface area (Å²) in [5.41, 5.74) is 4.00. The van der Waals surface area contributed by atoms with Crippen molar-refractivity contribution in [1.82, 2.24) is 4.90 Å². The molecular weight excluding hydrogens is 296 g/mol. The molecule has 0 saturated heterocycles. The molecule has 0 amide bonds. The van der Waals surface area contributed by atoms with E-state index >= 15 is 0 Å². The highest BCUT2D eigenvalue weighted by Gasteiger charge is 2.36. The molecule has 3 nitrogen and oxygen atoms in total. The predicted molar refractivity (Wildman–Crippen MR) is 100 cm³/mol. The van der Waals surface area contributed by atoms with Crippen molar-refractivity contribution in [2.75, 3.05) is 18.6 Å². The molecule has 0 fully saturated rings. The van der Waals surface area contributed by atoms with Gasteiger partial charge in [-0.3, -0.25) is 4.90 Å². The van der Waals surface area contributed by atoms with E-state index < -0.39 is 0 Å². The van der Waals surface area contributed by atoms with E-state index in [1.54, 1.807) is 7.11 Å². The van der Waals surface area contributed by atoms with E-state index in [1.807, 2.05) is 6.07 Å². The summed E-state index contributed by atoms with van der Waals surface area (Å²) in [6.07, 6.45) is 1.33. The lowest BCUT2D eigenvalue weighted by Crippen LogP contribution is -2.49. The molecular formula is C21H28N2O. The van der Waals surface area contributed by atoms with Crippen LogP contribution in [0.4, 0.5) is 5.69 Å². The van der Waals surface area contributed by atoms with Gasteiger partial charge in [-0.25, -0.2) is 0 Å². The van der Waals surface area contributed by atoms with Crippen LogP contribution < -0.4 is 9.64 Å². The largest absolute Gasteiger partial charge is 0.496 e. The van der Waals surface area contributed by atoms with Gasteiger partial charge in [0, 0.05) is 30.4 Å². The zero-order chi connectivity index (χ0) is 17.1. The van der Waals surface area contributed by atoms with Gasteiger partial charge in [0.2, 0.25) is 0 Å². The van der Waals surface area contributed by atoms with Gasteiger partial charge < -0.3 is 9.64 Å². The number of rotatable bonds is 5. The van der Waals surface area contributed by atoms with Crippen LogP contribution in [0.15, 0.2) is 48.5 Å². The lowest BCUT2D eigenvalue weighted by atomic mass is 9.99. The molecule has 0 aliphatic carbocycles. The van der Waals surface area contributed by atoms with Crippen LogP contribution in [0.25, 0.3) is 0 Å². The molecule has 2 unspecified atom stereocenters. The molecule has 0 saturated carbocycles. The third kappa shape index (κ3) is 2.89. The summed E-state index contributed by atoms with van der Waals surface area (Å²) in [6.45, 7) is 8.77. The minimum absolute atomic E-state index is 0.205. The summed E-state index contributed by atoms with van der Waals surface area (Å²) in [6, 6.07) is 17.7. The molecule has 2 aromatic rings. The molecule has 0 spiro atoms. The van der Waals surface area contributed by atoms with E-state index in [1.165, 1.54) is 16.8 Å². The van der Waals surface area contributed by atoms with Crippen molar-refractivity contribution in [3.05, 3.63) is 59.7 Å². The van der Waals surface area contributed by atoms with Crippen molar-refractivity contribution in [2.45, 2.75) is 45.9 Å². The van der Waals surface area contributed by atoms with Crippen LogP contribution in [0, 0.1) is 0 Å². The van der Waals surface area contributed by atoms with Crippen molar-refractivity contribution in [3.63, 3.8) is 0 Å². The van der Waals surface area contributed by atoms with Crippen molar-refractivity contribution in [2.24, 2.45) is 0 Å². The number of nitrogens with zero attached hydrogens (tertiary/aromatic N) is 2. The van der Waals surface area contributed by atoms with Gasteiger partial charge in [-0.2, -0.15) is 0 Å². The molecule has 128 valence electrons. The van der Waals surface area contributed by atoms with Gasteiger partial charge in [0.15, 0.2) is 0 Å². The van der Waals surface area contributed by atoms with Gasteiger partial charge >= 0.3 is 0 Å². The molecule has 1 aliphatic rings. The molecule has 2 atom stereocenters. The first kappa shape index (κ1) is 16.8. The third-order valence-electron chi connectivity index (χ3n) is 5.18. The van der Waals surface area contributed by atoms with Gasteiger partial charge in [0.05, 0.1) is 7.11 Å². The van der Waals surface area contributed by atoms with Crippen LogP contribution in [0.2, 0.25) is 0 Å². The Kier molecular flexibility index (Phi) is 5.10. The molecule has 1 heterocycles. The maximum atomic E-state index is 5.69. The Morgan fingerprint density at radius 1 is 1.08 bits per heavy atom. The summed E-state index contributed by atoms with van der Waals surface area (Å²) in [5, 5.41) is 0. The number of anilines is 1. The summed E-state index contributed by atoms with van der Waals surface area (Å²) >= 11 is 0. The Morgan fingerprint density at radius 2 is 1.79 bits per heavy atom. The smallest absolute Gasteiger partial charge is 0.125 e. The van der Waals surface area contributed by atoms with Crippen LogP contribution >= 0.6 is 0 Å². The van der Waals surface area contributed by atoms with Gasteiger partial charge in [-0.1, -0.05) is 43.3 Å². The van der Waals surface area contributed by atoms with E-state index in [4.69, 9.17) is 4.74 Å². The molecule has 24 heavy (non-hydrogen) atoms. The molecule has 0 radical (unpaired) electrons. The maximum absolute atomic E-state index is 5.69. The Bertz CT molecular complexity index is 685. The Hall–Kier alpha value is -2.00. The maximum Gasteiger partial charge on any atom is 0.125 e. The fraction of sp³-hybridized carbons (Fsp3) is 0.429. The molecule has 0 bridgehead atoms. The van der Waals surface area contributed by atoms with Crippen molar-refractivity contribution in [1.29, 1.82) is 0 Å². The second kappa shape index (κ2) is 7.27. The first-order valence-electron chi connectivity index (χ1n) is 8.94. The van der Waals surface area contributed by atoms with E-state index in [0.29, 0.717) is 6.04 Å². The lowest BCUT2D eigenvalue weighted by molar-refractivity contribution is 0.115. The van der Waals surface area contributed by atoms with Gasteiger partial charge in [0.1, 0.15) is 11.9 Å². The average Bonchev–Trinajstić information content (AvgIpc) is 2.65. The SMILES string of the molecule is CCC(C)N1Cc2ccccc2N(CC)C1c1ccccc1OC. The molecule has 3 heteroatoms. The highest BCUT2D eigenvalue weighted by molar-refractivity contribution is 5.58. The zero-order valence-electron chi connectivity index (χ0n) is 15.2. The van der Waals surface area contributed by atoms with E-state index in [2.05, 4.69) is 73.0 Å². The summed E-state index contributed by atoms with van der Waals surface area (Å²) in [4.78, 5) is 5.10. The van der Waals surface area contributed by atoms with E-state index in [9.17, 15) is 0 Å². The van der Waals surface area contributed by atoms with Crippen molar-refractivity contribution < 1.29 is 4.74 Å². The topological polar surface area (TPSA) is 15.7 Å². The van der Waals surface area contributed by atoms with Gasteiger partial charge in [-0.05, 0) is 38.0 Å². The lowest BCUT2D eigenvalue weighted by Gasteiger charge is -2.48. The number of benzene rings is 2. The molecule has 0 N–H and O–H groups in total. The first-order chi connectivity index (χ1) is 11.7. The molecule has 3 rings (SSSR count). The third-order valence-corrected chi connectivity index (χ3v) is 5.18. The number of hydrogen-bond donors (Lipinski definition) is 0. The van der Waals surface area contributed by atoms with Crippen LogP contribution in [0.5, 0.6) is 5.75 Å². The number of fused-ring (bicyclic) bond motifs is 1. The van der Waals surface area contributed by atoms with Crippen LogP contribution in [-0.4, -0.2) is 24.6 Å². The highest BCUT2D eigenvalue weighted by Crippen LogP contribution is 2.42. The minimum atomic E-state index is 0.205. The average molecular weight is 324 g/mol. The first-order valence-corrected chi connectivity index (χ1v) is 8.94. The van der Waals surface area contributed by atoms with Crippen molar-refractivity contribution >= 4 is 5.69 Å². The summed E-state index contributed by atoms with van der Waals surface area (Å²) in [7, 11) is 1.76. The van der Waals surface area contributed by atoms with Gasteiger partial charge in [0.25, 0.3) is 0 Å². The Balaban J connectivity index is 2.14. The van der Waals surface area contributed by atoms with Crippen LogP contribution in [-0.2, 0) is 6.54 Å². The Labute approximate surface area is 145 Å². The van der Waals surface area contributed by atoms with Crippen LogP contribution in [0.1, 0.15) is 44.5 Å². The standard InChI is InChI=1S/C21H28N2O/c1-5-16(3)23-15-17-11-7-9-13-19(17)22(6-2)21(23)18-12-8-10-14-20(18)24-4/h7-14,16,21H,5-6,15H2,1-4H3.